The monoisotopic (exact) mass is 427 g/mol. The first-order chi connectivity index (χ1) is 15.0. The van der Waals surface area contributed by atoms with E-state index in [-0.39, 0.29) is 12.5 Å². The Kier molecular flexibility index (Phi) is 11.1. The maximum atomic E-state index is 13.0. The molecular weight excluding hydrogens is 386 g/mol. The van der Waals surface area contributed by atoms with E-state index >= 15 is 0 Å². The average Bonchev–Trinajstić information content (AvgIpc) is 2.81. The normalized spacial score (nSPS) is 17.5. The fraction of sp³-hybridized carbons (Fsp3) is 0.667. The number of hydrogen-bond acceptors (Lipinski definition) is 4. The van der Waals surface area contributed by atoms with E-state index in [1.165, 1.54) is 25.7 Å². The van der Waals surface area contributed by atoms with Crippen LogP contribution in [0.5, 0.6) is 0 Å². The summed E-state index contributed by atoms with van der Waals surface area (Å²) in [6.07, 6.45) is 9.86. The Morgan fingerprint density at radius 3 is 2.52 bits per heavy atom. The van der Waals surface area contributed by atoms with Gasteiger partial charge in [0.1, 0.15) is 0 Å². The van der Waals surface area contributed by atoms with Crippen molar-refractivity contribution < 1.29 is 14.6 Å². The Balaban J connectivity index is 1.94. The highest BCUT2D eigenvalue weighted by Gasteiger charge is 2.47. The Morgan fingerprint density at radius 1 is 1.16 bits per heavy atom. The fourth-order valence-corrected chi connectivity index (χ4v) is 4.60. The topological polar surface area (TPSA) is 49.8 Å². The highest BCUT2D eigenvalue weighted by molar-refractivity contribution is 5.81. The molecule has 4 nitrogen and oxygen atoms in total. The summed E-state index contributed by atoms with van der Waals surface area (Å²) < 4.78 is 5.49. The van der Waals surface area contributed by atoms with Crippen LogP contribution in [-0.2, 0) is 15.1 Å². The summed E-state index contributed by atoms with van der Waals surface area (Å²) in [5.41, 5.74) is -0.968. The van der Waals surface area contributed by atoms with Gasteiger partial charge in [-0.15, -0.1) is 0 Å². The Morgan fingerprint density at radius 2 is 1.87 bits per heavy atom. The number of carbonyl (C=O) groups excluding carboxylic acids is 1. The molecule has 1 aliphatic carbocycles. The van der Waals surface area contributed by atoms with Crippen molar-refractivity contribution in [2.75, 3.05) is 19.7 Å². The third-order valence-corrected chi connectivity index (χ3v) is 6.66. The number of hydrogen-bond donors (Lipinski definition) is 1. The van der Waals surface area contributed by atoms with Crippen molar-refractivity contribution in [3.8, 4) is 11.8 Å². The second kappa shape index (κ2) is 13.6. The van der Waals surface area contributed by atoms with Gasteiger partial charge in [0.15, 0.2) is 12.2 Å². The van der Waals surface area contributed by atoms with Crippen molar-refractivity contribution in [3.63, 3.8) is 0 Å². The molecule has 1 fully saturated rings. The molecule has 0 aliphatic heterocycles. The number of ether oxygens (including phenoxy) is 1. The van der Waals surface area contributed by atoms with Crippen LogP contribution in [0, 0.1) is 17.8 Å². The maximum absolute atomic E-state index is 13.0. The molecule has 4 heteroatoms. The second-order valence-corrected chi connectivity index (χ2v) is 8.80. The molecule has 31 heavy (non-hydrogen) atoms. The number of benzene rings is 1. The largest absolute Gasteiger partial charge is 0.450 e. The van der Waals surface area contributed by atoms with Crippen molar-refractivity contribution in [1.29, 1.82) is 0 Å². The molecular formula is C27H41NO3. The van der Waals surface area contributed by atoms with Crippen molar-refractivity contribution in [1.82, 2.24) is 4.90 Å². The third-order valence-electron chi connectivity index (χ3n) is 6.66. The van der Waals surface area contributed by atoms with Gasteiger partial charge < -0.3 is 9.84 Å². The Hall–Kier alpha value is -1.83. The van der Waals surface area contributed by atoms with E-state index in [1.54, 1.807) is 0 Å². The fourth-order valence-electron chi connectivity index (χ4n) is 4.60. The van der Waals surface area contributed by atoms with Gasteiger partial charge in [0.25, 0.3) is 0 Å². The van der Waals surface area contributed by atoms with Gasteiger partial charge in [-0.3, -0.25) is 4.90 Å². The first kappa shape index (κ1) is 25.4. The van der Waals surface area contributed by atoms with Gasteiger partial charge in [-0.05, 0) is 38.3 Å². The van der Waals surface area contributed by atoms with Crippen LogP contribution in [0.1, 0.15) is 84.1 Å². The van der Waals surface area contributed by atoms with Gasteiger partial charge in [-0.1, -0.05) is 94.5 Å². The number of carbonyl (C=O) groups is 1. The second-order valence-electron chi connectivity index (χ2n) is 8.80. The van der Waals surface area contributed by atoms with E-state index < -0.39 is 11.6 Å². The molecule has 0 spiro atoms. The molecule has 1 saturated carbocycles. The summed E-state index contributed by atoms with van der Waals surface area (Å²) in [5.74, 6) is 5.46. The summed E-state index contributed by atoms with van der Waals surface area (Å²) in [6, 6.07) is 9.75. The maximum Gasteiger partial charge on any atom is 0.344 e. The molecule has 0 heterocycles. The molecule has 0 amide bonds. The number of rotatable bonds is 11. The van der Waals surface area contributed by atoms with Gasteiger partial charge in [-0.2, -0.15) is 0 Å². The summed E-state index contributed by atoms with van der Waals surface area (Å²) in [7, 11) is 0. The van der Waals surface area contributed by atoms with Gasteiger partial charge in [0.05, 0.1) is 6.54 Å². The first-order valence-corrected chi connectivity index (χ1v) is 12.2. The van der Waals surface area contributed by atoms with E-state index in [2.05, 4.69) is 37.5 Å². The molecule has 0 saturated heterocycles. The van der Waals surface area contributed by atoms with Crippen molar-refractivity contribution >= 4 is 5.97 Å². The number of esters is 1. The zero-order chi connectivity index (χ0) is 22.5. The standard InChI is InChI=1S/C27H41NO3/c1-4-6-9-16-23(3)28(5-2)21-14-15-22-31-26(29)27(30,24-17-10-7-11-18-24)25-19-12-8-13-20-25/h7,10-11,17-18,23,25,30H,4-6,8-9,12-13,16,19-22H2,1-3H3. The molecule has 2 unspecified atom stereocenters. The highest BCUT2D eigenvalue weighted by atomic mass is 16.5. The molecule has 0 bridgehead atoms. The van der Waals surface area contributed by atoms with Crippen LogP contribution < -0.4 is 0 Å². The van der Waals surface area contributed by atoms with Crippen LogP contribution >= 0.6 is 0 Å². The molecule has 1 aromatic carbocycles. The Bertz CT molecular complexity index is 702. The molecule has 1 N–H and O–H groups in total. The van der Waals surface area contributed by atoms with Crippen molar-refractivity contribution in [2.45, 2.75) is 90.2 Å². The van der Waals surface area contributed by atoms with Crippen LogP contribution in [-0.4, -0.2) is 41.7 Å². The smallest absolute Gasteiger partial charge is 0.344 e. The van der Waals surface area contributed by atoms with Crippen LogP contribution in [0.4, 0.5) is 0 Å². The number of nitrogens with zero attached hydrogens (tertiary/aromatic N) is 1. The van der Waals surface area contributed by atoms with Crippen molar-refractivity contribution in [2.24, 2.45) is 5.92 Å². The van der Waals surface area contributed by atoms with E-state index in [9.17, 15) is 9.90 Å². The predicted octanol–water partition coefficient (Wildman–Crippen LogP) is 5.29. The first-order valence-electron chi connectivity index (χ1n) is 12.2. The van der Waals surface area contributed by atoms with E-state index in [0.29, 0.717) is 18.2 Å². The Labute approximate surface area is 189 Å². The summed E-state index contributed by atoms with van der Waals surface area (Å²) in [5, 5.41) is 11.5. The molecule has 0 radical (unpaired) electrons. The van der Waals surface area contributed by atoms with E-state index in [1.807, 2.05) is 30.3 Å². The molecule has 1 aliphatic rings. The van der Waals surface area contributed by atoms with Crippen molar-refractivity contribution in [3.05, 3.63) is 35.9 Å². The van der Waals surface area contributed by atoms with E-state index in [0.717, 1.165) is 38.6 Å². The lowest BCUT2D eigenvalue weighted by atomic mass is 9.73. The SMILES string of the molecule is CCCCCC(C)N(CC)CC#CCOC(=O)C(O)(c1ccccc1)C1CCCCC1. The average molecular weight is 428 g/mol. The summed E-state index contributed by atoms with van der Waals surface area (Å²) >= 11 is 0. The minimum atomic E-state index is -1.59. The third kappa shape index (κ3) is 7.37. The quantitative estimate of drug-likeness (QED) is 0.296. The lowest BCUT2D eigenvalue weighted by Crippen LogP contribution is -2.45. The lowest BCUT2D eigenvalue weighted by molar-refractivity contribution is -0.174. The highest BCUT2D eigenvalue weighted by Crippen LogP contribution is 2.40. The minimum Gasteiger partial charge on any atom is -0.450 e. The number of aliphatic hydroxyl groups is 1. The van der Waals surface area contributed by atoms with Gasteiger partial charge in [0.2, 0.25) is 0 Å². The van der Waals surface area contributed by atoms with Crippen LogP contribution in [0.15, 0.2) is 30.3 Å². The number of unbranched alkanes of at least 4 members (excludes halogenated alkanes) is 2. The molecule has 2 rings (SSSR count). The molecule has 172 valence electrons. The molecule has 1 aromatic rings. The van der Waals surface area contributed by atoms with E-state index in [4.69, 9.17) is 4.74 Å². The van der Waals surface area contributed by atoms with Crippen LogP contribution in [0.3, 0.4) is 0 Å². The zero-order valence-electron chi connectivity index (χ0n) is 19.7. The molecule has 2 atom stereocenters. The van der Waals surface area contributed by atoms with Gasteiger partial charge in [-0.25, -0.2) is 4.79 Å². The van der Waals surface area contributed by atoms with Crippen LogP contribution in [0.25, 0.3) is 0 Å². The molecule has 0 aromatic heterocycles. The minimum absolute atomic E-state index is 0.0163. The van der Waals surface area contributed by atoms with Gasteiger partial charge >= 0.3 is 5.97 Å². The summed E-state index contributed by atoms with van der Waals surface area (Å²) in [4.78, 5) is 15.4. The zero-order valence-corrected chi connectivity index (χ0v) is 19.7. The lowest BCUT2D eigenvalue weighted by Gasteiger charge is -2.36. The van der Waals surface area contributed by atoms with Gasteiger partial charge in [0, 0.05) is 12.0 Å². The summed E-state index contributed by atoms with van der Waals surface area (Å²) in [6.45, 7) is 8.28. The van der Waals surface area contributed by atoms with Crippen LogP contribution in [0.2, 0.25) is 0 Å². The predicted molar refractivity (Wildman–Crippen MR) is 126 cm³/mol.